The second-order valence-electron chi connectivity index (χ2n) is 9.32. The van der Waals surface area contributed by atoms with Crippen molar-refractivity contribution in [2.24, 2.45) is 0 Å². The summed E-state index contributed by atoms with van der Waals surface area (Å²) in [7, 11) is 0. The van der Waals surface area contributed by atoms with Crippen molar-refractivity contribution in [1.82, 2.24) is 39.9 Å². The molecular weight excluding hydrogens is 685 g/mol. The minimum Gasteiger partial charge on any atom is -0.480 e. The quantitative estimate of drug-likeness (QED) is 0.0816. The molecule has 0 aliphatic carbocycles. The van der Waals surface area contributed by atoms with Gasteiger partial charge in [0.2, 0.25) is 0 Å². The van der Waals surface area contributed by atoms with Crippen LogP contribution >= 0.6 is 0 Å². The van der Waals surface area contributed by atoms with Gasteiger partial charge in [-0.15, -0.1) is 0 Å². The van der Waals surface area contributed by atoms with Crippen molar-refractivity contribution in [2.75, 3.05) is 26.4 Å². The summed E-state index contributed by atoms with van der Waals surface area (Å²) in [4.78, 5) is 65.6. The highest BCUT2D eigenvalue weighted by atomic mass is 19.4. The highest BCUT2D eigenvalue weighted by molar-refractivity contribution is 5.68. The van der Waals surface area contributed by atoms with Crippen LogP contribution in [0.3, 0.4) is 0 Å². The number of carbonyl (C=O) groups is 4. The van der Waals surface area contributed by atoms with Gasteiger partial charge in [-0.2, -0.15) is 13.2 Å². The van der Waals surface area contributed by atoms with E-state index in [4.69, 9.17) is 34.6 Å². The smallest absolute Gasteiger partial charge is 0.435 e. The molecular formula is C27H35F3N8O12. The van der Waals surface area contributed by atoms with Gasteiger partial charge in [0.1, 0.15) is 32.3 Å². The fourth-order valence-electron chi connectivity index (χ4n) is 3.09. The van der Waals surface area contributed by atoms with Crippen LogP contribution < -0.4 is 0 Å². The molecule has 0 fully saturated rings. The molecule has 0 radical (unpaired) electrons. The maximum atomic E-state index is 12.2. The summed E-state index contributed by atoms with van der Waals surface area (Å²) in [6, 6.07) is 0. The van der Waals surface area contributed by atoms with E-state index in [1.165, 1.54) is 6.33 Å². The molecule has 20 nitrogen and oxygen atoms in total. The average Bonchev–Trinajstić information content (AvgIpc) is 3.84. The highest BCUT2D eigenvalue weighted by Gasteiger charge is 2.36. The van der Waals surface area contributed by atoms with Gasteiger partial charge in [-0.25, -0.2) is 39.1 Å². The first kappa shape index (κ1) is 42.4. The summed E-state index contributed by atoms with van der Waals surface area (Å²) < 4.78 is 55.6. The average molecular weight is 721 g/mol. The van der Waals surface area contributed by atoms with Gasteiger partial charge in [-0.05, 0) is 13.8 Å². The van der Waals surface area contributed by atoms with E-state index in [2.05, 4.69) is 44.6 Å². The zero-order valence-corrected chi connectivity index (χ0v) is 26.5. The Bertz CT molecular complexity index is 1570. The Morgan fingerprint density at radius 1 is 0.660 bits per heavy atom. The fraction of sp³-hybridized carbons (Fsp3) is 0.407. The SMILES string of the molecule is Cc1[nH]cnc1COCC(=O)O.Cc1ncc(COCC(=O)O)[nH]1.O=C(O)COCc1[nH]cnc1C(F)(F)F.O=C(O)COCc1cnc[nH]1. The van der Waals surface area contributed by atoms with Gasteiger partial charge in [-0.1, -0.05) is 0 Å². The number of halogens is 3. The predicted molar refractivity (Wildman–Crippen MR) is 158 cm³/mol. The summed E-state index contributed by atoms with van der Waals surface area (Å²) in [5.41, 5.74) is 1.83. The molecule has 50 heavy (non-hydrogen) atoms. The van der Waals surface area contributed by atoms with E-state index in [1.807, 2.05) is 13.8 Å². The Morgan fingerprint density at radius 2 is 1.18 bits per heavy atom. The molecule has 0 bridgehead atoms. The number of aromatic nitrogens is 8. The number of hydrogen-bond acceptors (Lipinski definition) is 12. The number of carboxylic acids is 4. The topological polar surface area (TPSA) is 301 Å². The Labute approximate surface area is 280 Å². The lowest BCUT2D eigenvalue weighted by Gasteiger charge is -2.05. The Balaban J connectivity index is 0.000000336. The van der Waals surface area contributed by atoms with Crippen molar-refractivity contribution in [3.63, 3.8) is 0 Å². The van der Waals surface area contributed by atoms with Crippen molar-refractivity contribution in [3.8, 4) is 0 Å². The summed E-state index contributed by atoms with van der Waals surface area (Å²) >= 11 is 0. The van der Waals surface area contributed by atoms with Crippen LogP contribution in [0, 0.1) is 13.8 Å². The van der Waals surface area contributed by atoms with Crippen LogP contribution in [0.2, 0.25) is 0 Å². The molecule has 23 heteroatoms. The molecule has 276 valence electrons. The minimum absolute atomic E-state index is 0.238. The van der Waals surface area contributed by atoms with Gasteiger partial charge in [0.25, 0.3) is 0 Å². The Morgan fingerprint density at radius 3 is 1.62 bits per heavy atom. The number of nitrogens with zero attached hydrogens (tertiary/aromatic N) is 4. The number of aryl methyl sites for hydroxylation is 2. The van der Waals surface area contributed by atoms with Crippen LogP contribution in [-0.4, -0.2) is 111 Å². The molecule has 0 amide bonds. The van der Waals surface area contributed by atoms with E-state index in [-0.39, 0.29) is 45.3 Å². The van der Waals surface area contributed by atoms with Crippen LogP contribution in [0.15, 0.2) is 31.4 Å². The van der Waals surface area contributed by atoms with Crippen molar-refractivity contribution in [3.05, 3.63) is 71.4 Å². The van der Waals surface area contributed by atoms with Gasteiger partial charge in [0.15, 0.2) is 5.69 Å². The van der Waals surface area contributed by atoms with Gasteiger partial charge in [0.05, 0.1) is 80.6 Å². The first-order valence-corrected chi connectivity index (χ1v) is 13.8. The zero-order chi connectivity index (χ0) is 37.5. The number of hydrogen-bond donors (Lipinski definition) is 8. The molecule has 0 aliphatic rings. The van der Waals surface area contributed by atoms with Crippen molar-refractivity contribution >= 4 is 23.9 Å². The van der Waals surface area contributed by atoms with E-state index in [0.29, 0.717) is 0 Å². The molecule has 0 aliphatic heterocycles. The Hall–Kier alpha value is -5.65. The first-order valence-electron chi connectivity index (χ1n) is 13.8. The number of imidazole rings is 4. The third-order valence-electron chi connectivity index (χ3n) is 5.13. The number of alkyl halides is 3. The summed E-state index contributed by atoms with van der Waals surface area (Å²) in [5.74, 6) is -3.36. The number of nitrogens with one attached hydrogen (secondary N) is 4. The zero-order valence-electron chi connectivity index (χ0n) is 26.5. The van der Waals surface area contributed by atoms with Gasteiger partial charge < -0.3 is 59.3 Å². The second kappa shape index (κ2) is 22.8. The van der Waals surface area contributed by atoms with E-state index in [9.17, 15) is 32.3 Å². The van der Waals surface area contributed by atoms with Crippen LogP contribution in [0.5, 0.6) is 0 Å². The lowest BCUT2D eigenvalue weighted by molar-refractivity contribution is -0.145. The fourth-order valence-corrected chi connectivity index (χ4v) is 3.09. The molecule has 4 aromatic heterocycles. The number of rotatable bonds is 16. The maximum absolute atomic E-state index is 12.2. The molecule has 8 N–H and O–H groups in total. The van der Waals surface area contributed by atoms with E-state index in [1.54, 1.807) is 18.7 Å². The van der Waals surface area contributed by atoms with E-state index >= 15 is 0 Å². The van der Waals surface area contributed by atoms with Gasteiger partial charge in [0, 0.05) is 5.69 Å². The van der Waals surface area contributed by atoms with E-state index < -0.39 is 49.0 Å². The van der Waals surface area contributed by atoms with Crippen LogP contribution in [0.4, 0.5) is 13.2 Å². The van der Waals surface area contributed by atoms with Gasteiger partial charge in [-0.3, -0.25) is 0 Å². The molecule has 0 saturated heterocycles. The highest BCUT2D eigenvalue weighted by Crippen LogP contribution is 2.29. The van der Waals surface area contributed by atoms with Gasteiger partial charge >= 0.3 is 30.1 Å². The van der Waals surface area contributed by atoms with Crippen molar-refractivity contribution in [1.29, 1.82) is 0 Å². The number of carboxylic acid groups (broad SMARTS) is 4. The lowest BCUT2D eigenvalue weighted by Crippen LogP contribution is -2.12. The summed E-state index contributed by atoms with van der Waals surface area (Å²) in [6.45, 7) is 2.45. The van der Waals surface area contributed by atoms with Crippen molar-refractivity contribution < 1.29 is 71.7 Å². The number of aromatic amines is 4. The summed E-state index contributed by atoms with van der Waals surface area (Å²) in [5, 5.41) is 32.9. The first-order chi connectivity index (χ1) is 23.6. The predicted octanol–water partition coefficient (Wildman–Crippen LogP) is 1.68. The number of aliphatic carboxylic acids is 4. The molecule has 4 rings (SSSR count). The lowest BCUT2D eigenvalue weighted by atomic mass is 10.3. The molecule has 0 atom stereocenters. The van der Waals surface area contributed by atoms with Crippen LogP contribution in [0.1, 0.15) is 40.0 Å². The normalized spacial score (nSPS) is 10.5. The monoisotopic (exact) mass is 720 g/mol. The standard InChI is InChI=1S/C7H7F3N2O3.2C7H10N2O3.C6H8N2O3/c8-7(9,10)6-4(11-3-12-6)1-15-2-5(13)14;1-5-6(9-4-8-5)2-12-3-7(10)11;1-5-8-2-6(9-5)3-12-4-7(10)11;9-6(10)3-11-2-5-1-7-4-8-5/h3H,1-2H2,(H,11,12)(H,13,14);4H,2-3H2,1H3,(H,8,9)(H,10,11);2H,3-4H2,1H3,(H,8,9)(H,10,11);1,4H,2-3H2,(H,7,8)(H,9,10). The maximum Gasteiger partial charge on any atom is 0.435 e. The van der Waals surface area contributed by atoms with Crippen LogP contribution in [-0.2, 0) is 70.7 Å². The molecule has 0 spiro atoms. The largest absolute Gasteiger partial charge is 0.480 e. The number of ether oxygens (including phenoxy) is 4. The summed E-state index contributed by atoms with van der Waals surface area (Å²) in [6.07, 6.45) is 2.58. The molecule has 0 aromatic carbocycles. The molecule has 4 heterocycles. The molecule has 0 unspecified atom stereocenters. The molecule has 4 aromatic rings. The van der Waals surface area contributed by atoms with Crippen LogP contribution in [0.25, 0.3) is 0 Å². The third-order valence-corrected chi connectivity index (χ3v) is 5.13. The second-order valence-corrected chi connectivity index (χ2v) is 9.32. The van der Waals surface area contributed by atoms with E-state index in [0.717, 1.165) is 34.9 Å². The third kappa shape index (κ3) is 19.9. The number of H-pyrrole nitrogens is 4. The minimum atomic E-state index is -4.57. The molecule has 0 saturated carbocycles. The Kier molecular flexibility index (Phi) is 19.4. The van der Waals surface area contributed by atoms with Crippen molar-refractivity contribution in [2.45, 2.75) is 46.5 Å².